The lowest BCUT2D eigenvalue weighted by Crippen LogP contribution is -2.41. The Labute approximate surface area is 240 Å². The van der Waals surface area contributed by atoms with Gasteiger partial charge in [0.25, 0.3) is 5.84 Å². The summed E-state index contributed by atoms with van der Waals surface area (Å²) in [6, 6.07) is 22.3. The van der Waals surface area contributed by atoms with Crippen LogP contribution in [0.3, 0.4) is 0 Å². The summed E-state index contributed by atoms with van der Waals surface area (Å²) in [5, 5.41) is 6.69. The Bertz CT molecular complexity index is 1550. The van der Waals surface area contributed by atoms with Crippen LogP contribution in [0.15, 0.2) is 94.7 Å². The van der Waals surface area contributed by atoms with Gasteiger partial charge in [-0.25, -0.2) is 4.99 Å². The number of anilines is 1. The van der Waals surface area contributed by atoms with Crippen LogP contribution in [0.2, 0.25) is 0 Å². The molecule has 0 aliphatic carbocycles. The number of rotatable bonds is 9. The maximum Gasteiger partial charge on any atom is 0.553 e. The van der Waals surface area contributed by atoms with E-state index in [1.807, 2.05) is 36.4 Å². The lowest BCUT2D eigenvalue weighted by molar-refractivity contribution is -0.516. The molecule has 5 rings (SSSR count). The Balaban J connectivity index is 1.57. The second kappa shape index (κ2) is 12.2. The number of allylic oxidation sites excluding steroid dienone is 1. The number of fused-ring (bicyclic) bond motifs is 2. The van der Waals surface area contributed by atoms with E-state index in [1.165, 1.54) is 5.56 Å². The van der Waals surface area contributed by atoms with Gasteiger partial charge in [-0.3, -0.25) is 14.2 Å². The lowest BCUT2D eigenvalue weighted by atomic mass is 9.91. The van der Waals surface area contributed by atoms with Gasteiger partial charge in [-0.1, -0.05) is 55.8 Å². The monoisotopic (exact) mass is 551 g/mol. The highest BCUT2D eigenvalue weighted by Gasteiger charge is 2.39. The third kappa shape index (κ3) is 5.65. The van der Waals surface area contributed by atoms with E-state index < -0.39 is 0 Å². The molecule has 0 unspecified atom stereocenters. The molecule has 2 aliphatic rings. The topological polar surface area (TPSA) is 91.0 Å². The number of nitrogens with one attached hydrogen (secondary N) is 1. The normalized spacial score (nSPS) is 15.8. The van der Waals surface area contributed by atoms with Gasteiger partial charge < -0.3 is 15.6 Å². The number of halogens is 1. The van der Waals surface area contributed by atoms with Crippen LogP contribution < -0.4 is 11.2 Å². The molecule has 3 heterocycles. The first-order valence-corrected chi connectivity index (χ1v) is 13.7. The number of alkyl halides is 1. The number of hydrogen-bond acceptors (Lipinski definition) is 4. The SMILES string of the molecule is CCCC(C=Nc1ccc2n1[B]N1C(=C2c2ccc(NC(=O)CCl)cc2)C=CC1=[N+](C)Cc1ccccc1)=NN. The summed E-state index contributed by atoms with van der Waals surface area (Å²) in [5.74, 6) is 7.07. The fraction of sp³-hybridized carbons (Fsp3) is 0.200. The van der Waals surface area contributed by atoms with Crippen molar-refractivity contribution in [1.29, 1.82) is 0 Å². The van der Waals surface area contributed by atoms with Crippen molar-refractivity contribution in [3.8, 4) is 0 Å². The van der Waals surface area contributed by atoms with E-state index in [1.54, 1.807) is 6.21 Å². The minimum atomic E-state index is -0.242. The Morgan fingerprint density at radius 3 is 2.58 bits per heavy atom. The van der Waals surface area contributed by atoms with Gasteiger partial charge in [-0.2, -0.15) is 5.10 Å². The third-order valence-electron chi connectivity index (χ3n) is 6.79. The summed E-state index contributed by atoms with van der Waals surface area (Å²) in [6.07, 6.45) is 7.72. The number of benzene rings is 2. The van der Waals surface area contributed by atoms with Crippen molar-refractivity contribution >= 4 is 59.9 Å². The van der Waals surface area contributed by atoms with Gasteiger partial charge in [-0.05, 0) is 47.9 Å². The molecule has 1 aromatic heterocycles. The van der Waals surface area contributed by atoms with E-state index in [0.29, 0.717) is 5.69 Å². The van der Waals surface area contributed by atoms with Gasteiger partial charge in [-0.15, -0.1) is 11.6 Å². The Morgan fingerprint density at radius 1 is 1.10 bits per heavy atom. The quantitative estimate of drug-likeness (QED) is 0.100. The number of carbonyl (C=O) groups is 1. The van der Waals surface area contributed by atoms with Gasteiger partial charge in [0.2, 0.25) is 5.91 Å². The fourth-order valence-electron chi connectivity index (χ4n) is 4.90. The predicted molar refractivity (Wildman–Crippen MR) is 164 cm³/mol. The first-order chi connectivity index (χ1) is 19.5. The molecule has 0 fully saturated rings. The zero-order valence-electron chi connectivity index (χ0n) is 22.6. The van der Waals surface area contributed by atoms with Crippen LogP contribution in [0.5, 0.6) is 0 Å². The van der Waals surface area contributed by atoms with E-state index in [-0.39, 0.29) is 11.8 Å². The molecule has 2 aliphatic heterocycles. The van der Waals surface area contributed by atoms with Crippen molar-refractivity contribution in [2.24, 2.45) is 15.9 Å². The first-order valence-electron chi connectivity index (χ1n) is 13.2. The standard InChI is InChI=1S/C30H30BClN7O/c1-3-7-24(36-33)19-34-27-16-14-25-30(22-10-12-23(13-11-22)35-28(40)18-32)26-15-17-29(39(26)31-38(25)27)37(2)20-21-8-5-4-6-9-21/h4-6,8-17,19H,3,7,18,20H2,1-2H3,(H2,33,34,35,40)/p+1. The molecule has 201 valence electrons. The number of nitrogens with two attached hydrogens (primary N) is 1. The summed E-state index contributed by atoms with van der Waals surface area (Å²) < 4.78 is 4.32. The molecule has 2 aromatic carbocycles. The minimum absolute atomic E-state index is 0.0899. The molecular formula is C30H31BClN7O+. The average Bonchev–Trinajstić information content (AvgIpc) is 3.59. The fourth-order valence-corrected chi connectivity index (χ4v) is 4.96. The molecule has 8 nitrogen and oxygen atoms in total. The van der Waals surface area contributed by atoms with E-state index >= 15 is 0 Å². The zero-order chi connectivity index (χ0) is 28.1. The number of hydrazone groups is 1. The molecule has 3 aromatic rings. The summed E-state index contributed by atoms with van der Waals surface area (Å²) in [7, 11) is 4.17. The Morgan fingerprint density at radius 2 is 1.88 bits per heavy atom. The van der Waals surface area contributed by atoms with Gasteiger partial charge in [0.1, 0.15) is 23.9 Å². The van der Waals surface area contributed by atoms with Crippen molar-refractivity contribution < 1.29 is 9.37 Å². The molecule has 1 radical (unpaired) electrons. The largest absolute Gasteiger partial charge is 0.553 e. The molecule has 0 saturated heterocycles. The summed E-state index contributed by atoms with van der Waals surface area (Å²) in [4.78, 5) is 18.7. The maximum absolute atomic E-state index is 11.8. The highest BCUT2D eigenvalue weighted by molar-refractivity contribution is 6.41. The van der Waals surface area contributed by atoms with Crippen LogP contribution >= 0.6 is 11.6 Å². The number of aromatic nitrogens is 1. The van der Waals surface area contributed by atoms with Crippen molar-refractivity contribution in [3.05, 3.63) is 101 Å². The number of nitrogens with zero attached hydrogens (tertiary/aromatic N) is 5. The molecule has 40 heavy (non-hydrogen) atoms. The maximum atomic E-state index is 11.8. The molecular weight excluding hydrogens is 521 g/mol. The number of hydrogen-bond donors (Lipinski definition) is 2. The summed E-state index contributed by atoms with van der Waals surface area (Å²) in [6.45, 7) is 2.85. The van der Waals surface area contributed by atoms with E-state index in [0.717, 1.165) is 59.3 Å². The van der Waals surface area contributed by atoms with Crippen LogP contribution in [0.4, 0.5) is 11.5 Å². The van der Waals surface area contributed by atoms with Crippen molar-refractivity contribution in [1.82, 2.24) is 9.29 Å². The van der Waals surface area contributed by atoms with Gasteiger partial charge >= 0.3 is 7.55 Å². The number of carbonyl (C=O) groups excluding carboxylic acids is 1. The zero-order valence-corrected chi connectivity index (χ0v) is 23.3. The summed E-state index contributed by atoms with van der Waals surface area (Å²) >= 11 is 5.67. The van der Waals surface area contributed by atoms with Gasteiger partial charge in [0.15, 0.2) is 0 Å². The molecule has 10 heteroatoms. The predicted octanol–water partition coefficient (Wildman–Crippen LogP) is 4.75. The molecule has 1 amide bonds. The van der Waals surface area contributed by atoms with Crippen molar-refractivity contribution in [3.63, 3.8) is 0 Å². The smallest absolute Gasteiger partial charge is 0.329 e. The number of aliphatic imine (C=N–C) groups is 1. The van der Waals surface area contributed by atoms with E-state index in [9.17, 15) is 4.79 Å². The van der Waals surface area contributed by atoms with Crippen LogP contribution in [-0.4, -0.2) is 58.0 Å². The van der Waals surface area contributed by atoms with Crippen molar-refractivity contribution in [2.45, 2.75) is 26.3 Å². The molecule has 0 bridgehead atoms. The third-order valence-corrected chi connectivity index (χ3v) is 7.03. The van der Waals surface area contributed by atoms with Crippen LogP contribution in [0.25, 0.3) is 5.57 Å². The molecule has 3 N–H and O–H groups in total. The molecule has 0 saturated carbocycles. The van der Waals surface area contributed by atoms with Crippen molar-refractivity contribution in [2.75, 3.05) is 18.2 Å². The van der Waals surface area contributed by atoms with E-state index in [2.05, 4.69) is 88.3 Å². The Hall–Kier alpha value is -4.37. The van der Waals surface area contributed by atoms with Crippen LogP contribution in [-0.2, 0) is 11.3 Å². The first kappa shape index (κ1) is 27.2. The molecule has 0 spiro atoms. The lowest BCUT2D eigenvalue weighted by Gasteiger charge is -2.25. The second-order valence-electron chi connectivity index (χ2n) is 9.61. The van der Waals surface area contributed by atoms with Gasteiger partial charge in [0, 0.05) is 23.0 Å². The number of amides is 1. The average molecular weight is 552 g/mol. The highest BCUT2D eigenvalue weighted by atomic mass is 35.5. The van der Waals surface area contributed by atoms with E-state index in [4.69, 9.17) is 22.4 Å². The highest BCUT2D eigenvalue weighted by Crippen LogP contribution is 2.38. The minimum Gasteiger partial charge on any atom is -0.329 e. The Kier molecular flexibility index (Phi) is 8.31. The van der Waals surface area contributed by atoms with Crippen LogP contribution in [0, 0.1) is 0 Å². The summed E-state index contributed by atoms with van der Waals surface area (Å²) in [5.41, 5.74) is 6.81. The number of amidine groups is 1. The van der Waals surface area contributed by atoms with Gasteiger partial charge in [0.05, 0.1) is 19.0 Å². The molecule has 0 atom stereocenters. The van der Waals surface area contributed by atoms with Crippen LogP contribution in [0.1, 0.15) is 36.6 Å². The second-order valence-corrected chi connectivity index (χ2v) is 9.88.